The van der Waals surface area contributed by atoms with Crippen molar-refractivity contribution in [2.75, 3.05) is 0 Å². The summed E-state index contributed by atoms with van der Waals surface area (Å²) in [5.74, 6) is 0.948. The third-order valence-electron chi connectivity index (χ3n) is 2.66. The van der Waals surface area contributed by atoms with Crippen LogP contribution in [0.4, 0.5) is 0 Å². The average molecular weight is 182 g/mol. The number of unbranched alkanes of at least 4 members (excludes halogenated alkanes) is 4. The first-order valence-electron chi connectivity index (χ1n) is 5.92. The van der Waals surface area contributed by atoms with Crippen LogP contribution in [0.1, 0.15) is 65.2 Å². The average Bonchev–Trinajstić information content (AvgIpc) is 2.14. The Hall–Kier alpha value is -0.260. The van der Waals surface area contributed by atoms with Crippen LogP contribution in [0.5, 0.6) is 0 Å². The maximum atomic E-state index is 3.73. The van der Waals surface area contributed by atoms with Gasteiger partial charge in [0.1, 0.15) is 0 Å². The second-order valence-electron chi connectivity index (χ2n) is 4.17. The van der Waals surface area contributed by atoms with Crippen molar-refractivity contribution < 1.29 is 0 Å². The Morgan fingerprint density at radius 2 is 1.77 bits per heavy atom. The molecule has 0 bridgehead atoms. The van der Waals surface area contributed by atoms with Gasteiger partial charge in [-0.2, -0.15) is 0 Å². The van der Waals surface area contributed by atoms with Crippen LogP contribution in [-0.4, -0.2) is 0 Å². The minimum Gasteiger partial charge on any atom is -0.103 e. The predicted molar refractivity (Wildman–Crippen MR) is 62.0 cm³/mol. The fourth-order valence-corrected chi connectivity index (χ4v) is 1.66. The van der Waals surface area contributed by atoms with Crippen LogP contribution in [0, 0.1) is 5.92 Å². The number of rotatable bonds is 9. The Bertz CT molecular complexity index is 105. The van der Waals surface area contributed by atoms with Gasteiger partial charge in [0.15, 0.2) is 0 Å². The Kier molecular flexibility index (Phi) is 9.63. The smallest absolute Gasteiger partial charge is 0.0353 e. The van der Waals surface area contributed by atoms with Crippen LogP contribution in [-0.2, 0) is 0 Å². The zero-order valence-corrected chi connectivity index (χ0v) is 9.52. The molecule has 1 atom stereocenters. The lowest BCUT2D eigenvalue weighted by molar-refractivity contribution is 0.446. The van der Waals surface area contributed by atoms with E-state index >= 15 is 0 Å². The number of allylic oxidation sites excluding steroid dienone is 1. The van der Waals surface area contributed by atoms with Gasteiger partial charge in [-0.1, -0.05) is 58.4 Å². The molecule has 1 unspecified atom stereocenters. The van der Waals surface area contributed by atoms with Crippen LogP contribution in [0.2, 0.25) is 0 Å². The molecule has 0 saturated heterocycles. The molecule has 78 valence electrons. The van der Waals surface area contributed by atoms with Crippen molar-refractivity contribution in [3.63, 3.8) is 0 Å². The van der Waals surface area contributed by atoms with Crippen LogP contribution in [0.25, 0.3) is 0 Å². The van der Waals surface area contributed by atoms with E-state index in [9.17, 15) is 0 Å². The second-order valence-corrected chi connectivity index (χ2v) is 4.17. The highest BCUT2D eigenvalue weighted by atomic mass is 14.1. The second kappa shape index (κ2) is 9.83. The van der Waals surface area contributed by atoms with E-state index in [4.69, 9.17) is 0 Å². The van der Waals surface area contributed by atoms with Crippen molar-refractivity contribution in [1.82, 2.24) is 0 Å². The van der Waals surface area contributed by atoms with E-state index < -0.39 is 0 Å². The minimum absolute atomic E-state index is 0.948. The van der Waals surface area contributed by atoms with Gasteiger partial charge in [0, 0.05) is 0 Å². The van der Waals surface area contributed by atoms with Crippen molar-refractivity contribution in [1.29, 1.82) is 0 Å². The zero-order chi connectivity index (χ0) is 9.94. The van der Waals surface area contributed by atoms with Crippen LogP contribution >= 0.6 is 0 Å². The third kappa shape index (κ3) is 9.66. The summed E-state index contributed by atoms with van der Waals surface area (Å²) in [6, 6.07) is 0. The molecule has 0 amide bonds. The Balaban J connectivity index is 3.07. The molecule has 0 fully saturated rings. The molecule has 0 aromatic carbocycles. The first-order chi connectivity index (χ1) is 6.31. The standard InChI is InChI=1S/C13H26/c1-4-6-8-9-10-12-13(3)11-7-5-2/h4,13H,1,5-12H2,2-3H3. The molecule has 0 aliphatic carbocycles. The SMILES string of the molecule is C=CCCCCCC(C)CCCC. The van der Waals surface area contributed by atoms with E-state index in [2.05, 4.69) is 20.4 Å². The highest BCUT2D eigenvalue weighted by Gasteiger charge is 2.00. The van der Waals surface area contributed by atoms with Gasteiger partial charge in [0.25, 0.3) is 0 Å². The van der Waals surface area contributed by atoms with Gasteiger partial charge in [-0.25, -0.2) is 0 Å². The van der Waals surface area contributed by atoms with Crippen molar-refractivity contribution in [2.24, 2.45) is 5.92 Å². The molecule has 0 saturated carbocycles. The van der Waals surface area contributed by atoms with Crippen molar-refractivity contribution in [3.05, 3.63) is 12.7 Å². The molecule has 0 radical (unpaired) electrons. The molecule has 0 N–H and O–H groups in total. The Labute approximate surface area is 84.4 Å². The monoisotopic (exact) mass is 182 g/mol. The van der Waals surface area contributed by atoms with Gasteiger partial charge < -0.3 is 0 Å². The van der Waals surface area contributed by atoms with Crippen molar-refractivity contribution in [2.45, 2.75) is 65.2 Å². The van der Waals surface area contributed by atoms with Crippen LogP contribution < -0.4 is 0 Å². The summed E-state index contributed by atoms with van der Waals surface area (Å²) >= 11 is 0. The molecular formula is C13H26. The minimum atomic E-state index is 0.948. The topological polar surface area (TPSA) is 0 Å². The molecule has 0 aromatic heterocycles. The maximum absolute atomic E-state index is 3.73. The van der Waals surface area contributed by atoms with Crippen molar-refractivity contribution >= 4 is 0 Å². The molecule has 13 heavy (non-hydrogen) atoms. The van der Waals surface area contributed by atoms with E-state index in [1.165, 1.54) is 51.4 Å². The largest absolute Gasteiger partial charge is 0.103 e. The lowest BCUT2D eigenvalue weighted by Crippen LogP contribution is -1.94. The molecule has 0 nitrogen and oxygen atoms in total. The molecule has 0 heteroatoms. The molecule has 0 aliphatic rings. The zero-order valence-electron chi connectivity index (χ0n) is 9.52. The van der Waals surface area contributed by atoms with Gasteiger partial charge in [0.05, 0.1) is 0 Å². The lowest BCUT2D eigenvalue weighted by atomic mass is 9.97. The predicted octanol–water partition coefficient (Wildman–Crippen LogP) is 4.95. The van der Waals surface area contributed by atoms with Gasteiger partial charge in [0.2, 0.25) is 0 Å². The molecule has 0 aromatic rings. The van der Waals surface area contributed by atoms with Gasteiger partial charge >= 0.3 is 0 Å². The normalized spacial score (nSPS) is 12.8. The summed E-state index contributed by atoms with van der Waals surface area (Å²) in [6.07, 6.45) is 13.0. The number of hydrogen-bond donors (Lipinski definition) is 0. The van der Waals surface area contributed by atoms with Gasteiger partial charge in [-0.3, -0.25) is 0 Å². The fraction of sp³-hybridized carbons (Fsp3) is 0.846. The summed E-state index contributed by atoms with van der Waals surface area (Å²) in [5.41, 5.74) is 0. The molecular weight excluding hydrogens is 156 g/mol. The van der Waals surface area contributed by atoms with E-state index in [1.807, 2.05) is 6.08 Å². The first-order valence-corrected chi connectivity index (χ1v) is 5.92. The summed E-state index contributed by atoms with van der Waals surface area (Å²) in [6.45, 7) is 8.40. The number of hydrogen-bond acceptors (Lipinski definition) is 0. The van der Waals surface area contributed by atoms with Crippen molar-refractivity contribution in [3.8, 4) is 0 Å². The van der Waals surface area contributed by atoms with Gasteiger partial charge in [-0.05, 0) is 18.8 Å². The molecule has 0 rings (SSSR count). The Morgan fingerprint density at radius 3 is 2.38 bits per heavy atom. The van der Waals surface area contributed by atoms with E-state index in [0.717, 1.165) is 5.92 Å². The quantitative estimate of drug-likeness (QED) is 0.349. The fourth-order valence-electron chi connectivity index (χ4n) is 1.66. The molecule has 0 heterocycles. The highest BCUT2D eigenvalue weighted by molar-refractivity contribution is 4.65. The van der Waals surface area contributed by atoms with Crippen LogP contribution in [0.3, 0.4) is 0 Å². The summed E-state index contributed by atoms with van der Waals surface area (Å²) < 4.78 is 0. The third-order valence-corrected chi connectivity index (χ3v) is 2.66. The molecule has 0 aliphatic heterocycles. The summed E-state index contributed by atoms with van der Waals surface area (Å²) in [4.78, 5) is 0. The Morgan fingerprint density at radius 1 is 1.08 bits per heavy atom. The first kappa shape index (κ1) is 12.7. The summed E-state index contributed by atoms with van der Waals surface area (Å²) in [7, 11) is 0. The van der Waals surface area contributed by atoms with Crippen LogP contribution in [0.15, 0.2) is 12.7 Å². The van der Waals surface area contributed by atoms with E-state index in [1.54, 1.807) is 0 Å². The van der Waals surface area contributed by atoms with Gasteiger partial charge in [-0.15, -0.1) is 6.58 Å². The lowest BCUT2D eigenvalue weighted by Gasteiger charge is -2.09. The van der Waals surface area contributed by atoms with E-state index in [-0.39, 0.29) is 0 Å². The summed E-state index contributed by atoms with van der Waals surface area (Å²) in [5, 5.41) is 0. The maximum Gasteiger partial charge on any atom is -0.0353 e. The molecule has 0 spiro atoms. The van der Waals surface area contributed by atoms with E-state index in [0.29, 0.717) is 0 Å². The highest BCUT2D eigenvalue weighted by Crippen LogP contribution is 2.16.